The first kappa shape index (κ1) is 19.6. The quantitative estimate of drug-likeness (QED) is 0.347. The summed E-state index contributed by atoms with van der Waals surface area (Å²) in [4.78, 5) is 25.3. The second kappa shape index (κ2) is 7.63. The summed E-state index contributed by atoms with van der Waals surface area (Å²) in [6.45, 7) is 3.86. The van der Waals surface area contributed by atoms with Crippen LogP contribution in [-0.2, 0) is 11.8 Å². The van der Waals surface area contributed by atoms with Crippen LogP contribution in [0.25, 0.3) is 21.7 Å². The molecule has 0 aliphatic rings. The van der Waals surface area contributed by atoms with Crippen molar-refractivity contribution in [3.05, 3.63) is 77.2 Å². The summed E-state index contributed by atoms with van der Waals surface area (Å²) in [6, 6.07) is 14.4. The number of aryl methyl sites for hydroxylation is 1. The van der Waals surface area contributed by atoms with Crippen molar-refractivity contribution in [3.8, 4) is 5.75 Å². The van der Waals surface area contributed by atoms with E-state index in [1.807, 2.05) is 42.8 Å². The van der Waals surface area contributed by atoms with Crippen LogP contribution in [0.1, 0.15) is 33.3 Å². The SMILES string of the molecule is CCOC(=O)c1c(C)n(C)c2c1cc(OC(=O)c1ccc(F)cc1)c1ccccc12. The van der Waals surface area contributed by atoms with E-state index in [0.717, 1.165) is 22.0 Å². The molecule has 30 heavy (non-hydrogen) atoms. The molecule has 0 unspecified atom stereocenters. The fraction of sp³-hybridized carbons (Fsp3) is 0.167. The number of rotatable bonds is 4. The van der Waals surface area contributed by atoms with Crippen molar-refractivity contribution in [2.75, 3.05) is 6.61 Å². The maximum Gasteiger partial charge on any atom is 0.343 e. The Balaban J connectivity index is 1.92. The van der Waals surface area contributed by atoms with Gasteiger partial charge in [-0.15, -0.1) is 0 Å². The van der Waals surface area contributed by atoms with Gasteiger partial charge >= 0.3 is 11.9 Å². The maximum absolute atomic E-state index is 13.2. The van der Waals surface area contributed by atoms with Crippen LogP contribution in [0.4, 0.5) is 4.39 Å². The Bertz CT molecular complexity index is 1290. The number of nitrogens with zero attached hydrogens (tertiary/aromatic N) is 1. The number of aromatic nitrogens is 1. The molecule has 0 radical (unpaired) electrons. The van der Waals surface area contributed by atoms with Crippen LogP contribution in [0.2, 0.25) is 0 Å². The molecule has 1 aromatic heterocycles. The fourth-order valence-corrected chi connectivity index (χ4v) is 3.70. The number of esters is 2. The first-order valence-corrected chi connectivity index (χ1v) is 9.58. The molecular weight excluding hydrogens is 385 g/mol. The Labute approximate surface area is 172 Å². The Morgan fingerprint density at radius 1 is 0.967 bits per heavy atom. The molecule has 3 aromatic carbocycles. The molecule has 152 valence electrons. The lowest BCUT2D eigenvalue weighted by Crippen LogP contribution is -2.09. The highest BCUT2D eigenvalue weighted by molar-refractivity contribution is 6.16. The number of hydrogen-bond donors (Lipinski definition) is 0. The molecule has 0 aliphatic carbocycles. The minimum atomic E-state index is -0.607. The van der Waals surface area contributed by atoms with Gasteiger partial charge in [0, 0.05) is 28.9 Å². The van der Waals surface area contributed by atoms with Gasteiger partial charge in [-0.3, -0.25) is 0 Å². The van der Waals surface area contributed by atoms with Gasteiger partial charge in [-0.2, -0.15) is 0 Å². The molecule has 4 rings (SSSR count). The second-order valence-corrected chi connectivity index (χ2v) is 6.95. The summed E-state index contributed by atoms with van der Waals surface area (Å²) in [5.41, 5.74) is 2.29. The Morgan fingerprint density at radius 3 is 2.30 bits per heavy atom. The van der Waals surface area contributed by atoms with Gasteiger partial charge < -0.3 is 14.0 Å². The van der Waals surface area contributed by atoms with Crippen LogP contribution in [-0.4, -0.2) is 23.1 Å². The molecule has 4 aromatic rings. The first-order valence-electron chi connectivity index (χ1n) is 9.58. The molecule has 0 aliphatic heterocycles. The molecule has 0 spiro atoms. The van der Waals surface area contributed by atoms with Crippen LogP contribution < -0.4 is 4.74 Å². The largest absolute Gasteiger partial charge is 0.462 e. The van der Waals surface area contributed by atoms with Crippen molar-refractivity contribution in [1.82, 2.24) is 4.57 Å². The summed E-state index contributed by atoms with van der Waals surface area (Å²) >= 11 is 0. The molecule has 0 atom stereocenters. The summed E-state index contributed by atoms with van der Waals surface area (Å²) < 4.78 is 26.1. The Kier molecular flexibility index (Phi) is 4.99. The summed E-state index contributed by atoms with van der Waals surface area (Å²) in [5.74, 6) is -1.14. The van der Waals surface area contributed by atoms with Crippen molar-refractivity contribution >= 4 is 33.6 Å². The van der Waals surface area contributed by atoms with E-state index in [1.54, 1.807) is 13.0 Å². The second-order valence-electron chi connectivity index (χ2n) is 6.95. The van der Waals surface area contributed by atoms with Crippen molar-refractivity contribution in [1.29, 1.82) is 0 Å². The van der Waals surface area contributed by atoms with E-state index in [4.69, 9.17) is 9.47 Å². The van der Waals surface area contributed by atoms with Crippen molar-refractivity contribution < 1.29 is 23.5 Å². The van der Waals surface area contributed by atoms with Crippen molar-refractivity contribution in [3.63, 3.8) is 0 Å². The van der Waals surface area contributed by atoms with Crippen LogP contribution in [0.3, 0.4) is 0 Å². The van der Waals surface area contributed by atoms with Crippen molar-refractivity contribution in [2.24, 2.45) is 7.05 Å². The van der Waals surface area contributed by atoms with Gasteiger partial charge in [0.25, 0.3) is 0 Å². The molecule has 0 N–H and O–H groups in total. The Morgan fingerprint density at radius 2 is 1.63 bits per heavy atom. The zero-order valence-electron chi connectivity index (χ0n) is 16.9. The minimum absolute atomic E-state index is 0.232. The molecule has 0 saturated heterocycles. The average molecular weight is 405 g/mol. The van der Waals surface area contributed by atoms with E-state index in [1.165, 1.54) is 24.3 Å². The molecule has 0 amide bonds. The standard InChI is InChI=1S/C24H20FNO4/c1-4-29-24(28)21-14(2)26(3)22-18-8-6-5-7-17(18)20(13-19(21)22)30-23(27)15-9-11-16(25)12-10-15/h5-13H,4H2,1-3H3. The smallest absolute Gasteiger partial charge is 0.343 e. The predicted molar refractivity (Wildman–Crippen MR) is 112 cm³/mol. The number of fused-ring (bicyclic) bond motifs is 3. The number of ether oxygens (including phenoxy) is 2. The number of halogens is 1. The predicted octanol–water partition coefficient (Wildman–Crippen LogP) is 5.17. The Hall–Kier alpha value is -3.67. The van der Waals surface area contributed by atoms with E-state index in [0.29, 0.717) is 16.7 Å². The molecular formula is C24H20FNO4. The average Bonchev–Trinajstić information content (AvgIpc) is 2.99. The number of benzene rings is 3. The zero-order chi connectivity index (χ0) is 21.4. The van der Waals surface area contributed by atoms with Crippen LogP contribution in [0.15, 0.2) is 54.6 Å². The highest BCUT2D eigenvalue weighted by atomic mass is 19.1. The zero-order valence-corrected chi connectivity index (χ0v) is 16.9. The van der Waals surface area contributed by atoms with Gasteiger partial charge in [-0.05, 0) is 44.2 Å². The highest BCUT2D eigenvalue weighted by Gasteiger charge is 2.23. The van der Waals surface area contributed by atoms with Gasteiger partial charge in [0.15, 0.2) is 0 Å². The van der Waals surface area contributed by atoms with E-state index in [2.05, 4.69) is 0 Å². The van der Waals surface area contributed by atoms with Gasteiger partial charge in [0.2, 0.25) is 0 Å². The van der Waals surface area contributed by atoms with Gasteiger partial charge in [-0.1, -0.05) is 24.3 Å². The number of hydrogen-bond acceptors (Lipinski definition) is 4. The van der Waals surface area contributed by atoms with Crippen LogP contribution >= 0.6 is 0 Å². The van der Waals surface area contributed by atoms with Crippen molar-refractivity contribution in [2.45, 2.75) is 13.8 Å². The topological polar surface area (TPSA) is 57.5 Å². The summed E-state index contributed by atoms with van der Waals surface area (Å²) in [7, 11) is 1.89. The lowest BCUT2D eigenvalue weighted by atomic mass is 10.0. The molecule has 1 heterocycles. The normalized spacial score (nSPS) is 11.1. The molecule has 6 heteroatoms. The maximum atomic E-state index is 13.2. The molecule has 5 nitrogen and oxygen atoms in total. The highest BCUT2D eigenvalue weighted by Crippen LogP contribution is 2.38. The van der Waals surface area contributed by atoms with Gasteiger partial charge in [-0.25, -0.2) is 14.0 Å². The monoisotopic (exact) mass is 405 g/mol. The lowest BCUT2D eigenvalue weighted by molar-refractivity contribution is 0.0527. The number of carbonyl (C=O) groups excluding carboxylic acids is 2. The van der Waals surface area contributed by atoms with E-state index in [9.17, 15) is 14.0 Å². The van der Waals surface area contributed by atoms with Gasteiger partial charge in [0.05, 0.1) is 23.3 Å². The third-order valence-electron chi connectivity index (χ3n) is 5.21. The molecule has 0 fully saturated rings. The third kappa shape index (κ3) is 3.20. The fourth-order valence-electron chi connectivity index (χ4n) is 3.70. The van der Waals surface area contributed by atoms with E-state index < -0.39 is 17.8 Å². The van der Waals surface area contributed by atoms with Crippen LogP contribution in [0, 0.1) is 12.7 Å². The minimum Gasteiger partial charge on any atom is -0.462 e. The lowest BCUT2D eigenvalue weighted by Gasteiger charge is -2.11. The summed E-state index contributed by atoms with van der Waals surface area (Å²) in [6.07, 6.45) is 0. The first-order chi connectivity index (χ1) is 14.4. The molecule has 0 saturated carbocycles. The number of carbonyl (C=O) groups is 2. The third-order valence-corrected chi connectivity index (χ3v) is 5.21. The molecule has 0 bridgehead atoms. The van der Waals surface area contributed by atoms with E-state index >= 15 is 0 Å². The summed E-state index contributed by atoms with van der Waals surface area (Å²) in [5, 5.41) is 2.23. The van der Waals surface area contributed by atoms with Gasteiger partial charge in [0.1, 0.15) is 11.6 Å². The van der Waals surface area contributed by atoms with Crippen LogP contribution in [0.5, 0.6) is 5.75 Å². The van der Waals surface area contributed by atoms with E-state index in [-0.39, 0.29) is 12.2 Å².